The van der Waals surface area contributed by atoms with Gasteiger partial charge in [-0.25, -0.2) is 0 Å². The van der Waals surface area contributed by atoms with E-state index in [-0.39, 0.29) is 12.0 Å². The minimum absolute atomic E-state index is 0.213. The molecule has 2 unspecified atom stereocenters. The van der Waals surface area contributed by atoms with Crippen molar-refractivity contribution in [2.24, 2.45) is 11.7 Å². The van der Waals surface area contributed by atoms with Crippen molar-refractivity contribution >= 4 is 23.0 Å². The van der Waals surface area contributed by atoms with E-state index in [2.05, 4.69) is 15.1 Å². The lowest BCUT2D eigenvalue weighted by Gasteiger charge is -2.35. The molecule has 0 saturated carbocycles. The third-order valence-electron chi connectivity index (χ3n) is 3.13. The molecule has 1 aliphatic rings. The zero-order valence-electron chi connectivity index (χ0n) is 9.71. The second-order valence-corrected chi connectivity index (χ2v) is 4.85. The highest BCUT2D eigenvalue weighted by molar-refractivity contribution is 7.80. The maximum atomic E-state index is 9.71. The van der Waals surface area contributed by atoms with Crippen LogP contribution in [-0.2, 0) is 0 Å². The van der Waals surface area contributed by atoms with Crippen molar-refractivity contribution in [2.75, 3.05) is 18.0 Å². The molecule has 3 N–H and O–H groups in total. The van der Waals surface area contributed by atoms with E-state index in [0.717, 1.165) is 30.9 Å². The zero-order valence-corrected chi connectivity index (χ0v) is 10.5. The SMILES string of the molecule is CC1CN(c2nnccc2C(N)=S)CCC1O. The number of aromatic nitrogens is 2. The van der Waals surface area contributed by atoms with Gasteiger partial charge in [0.1, 0.15) is 4.99 Å². The maximum Gasteiger partial charge on any atom is 0.161 e. The molecule has 2 heterocycles. The lowest BCUT2D eigenvalue weighted by Crippen LogP contribution is -2.43. The van der Waals surface area contributed by atoms with Gasteiger partial charge in [0.2, 0.25) is 0 Å². The monoisotopic (exact) mass is 252 g/mol. The van der Waals surface area contributed by atoms with Crippen LogP contribution < -0.4 is 10.6 Å². The molecule has 2 atom stereocenters. The third-order valence-corrected chi connectivity index (χ3v) is 3.35. The molecule has 2 rings (SSSR count). The molecular weight excluding hydrogens is 236 g/mol. The molecule has 0 spiro atoms. The number of aliphatic hydroxyl groups excluding tert-OH is 1. The van der Waals surface area contributed by atoms with Crippen LogP contribution in [-0.4, -0.2) is 39.5 Å². The number of rotatable bonds is 2. The molecule has 0 aromatic carbocycles. The van der Waals surface area contributed by atoms with Gasteiger partial charge in [-0.1, -0.05) is 19.1 Å². The van der Waals surface area contributed by atoms with E-state index < -0.39 is 0 Å². The molecule has 6 heteroatoms. The van der Waals surface area contributed by atoms with Gasteiger partial charge in [0.15, 0.2) is 5.82 Å². The highest BCUT2D eigenvalue weighted by atomic mass is 32.1. The van der Waals surface area contributed by atoms with E-state index in [1.54, 1.807) is 12.3 Å². The van der Waals surface area contributed by atoms with Crippen molar-refractivity contribution in [1.82, 2.24) is 10.2 Å². The summed E-state index contributed by atoms with van der Waals surface area (Å²) >= 11 is 5.01. The number of nitrogens with zero attached hydrogens (tertiary/aromatic N) is 3. The Morgan fingerprint density at radius 2 is 2.41 bits per heavy atom. The lowest BCUT2D eigenvalue weighted by molar-refractivity contribution is 0.0968. The normalized spacial score (nSPS) is 24.7. The topological polar surface area (TPSA) is 75.3 Å². The summed E-state index contributed by atoms with van der Waals surface area (Å²) in [5.74, 6) is 0.934. The van der Waals surface area contributed by atoms with Crippen LogP contribution >= 0.6 is 12.2 Å². The van der Waals surface area contributed by atoms with Crippen LogP contribution in [0.3, 0.4) is 0 Å². The van der Waals surface area contributed by atoms with E-state index in [9.17, 15) is 5.11 Å². The van der Waals surface area contributed by atoms with Crippen molar-refractivity contribution < 1.29 is 5.11 Å². The van der Waals surface area contributed by atoms with Gasteiger partial charge in [-0.15, -0.1) is 5.10 Å². The van der Waals surface area contributed by atoms with Gasteiger partial charge in [-0.2, -0.15) is 5.10 Å². The Hall–Kier alpha value is -1.27. The van der Waals surface area contributed by atoms with Crippen molar-refractivity contribution in [1.29, 1.82) is 0 Å². The zero-order chi connectivity index (χ0) is 12.4. The predicted molar refractivity (Wildman–Crippen MR) is 69.9 cm³/mol. The molecule has 1 saturated heterocycles. The van der Waals surface area contributed by atoms with Crippen LogP contribution in [0.1, 0.15) is 18.9 Å². The first-order valence-electron chi connectivity index (χ1n) is 5.64. The van der Waals surface area contributed by atoms with Crippen LogP contribution in [0.5, 0.6) is 0 Å². The maximum absolute atomic E-state index is 9.71. The Balaban J connectivity index is 2.25. The van der Waals surface area contributed by atoms with Crippen LogP contribution in [0.25, 0.3) is 0 Å². The molecule has 92 valence electrons. The second-order valence-electron chi connectivity index (χ2n) is 4.41. The van der Waals surface area contributed by atoms with Gasteiger partial charge in [-0.05, 0) is 18.4 Å². The van der Waals surface area contributed by atoms with Gasteiger partial charge in [0, 0.05) is 13.1 Å². The molecule has 0 aliphatic carbocycles. The molecule has 1 aromatic rings. The molecule has 0 radical (unpaired) electrons. The smallest absolute Gasteiger partial charge is 0.161 e. The summed E-state index contributed by atoms with van der Waals surface area (Å²) in [6, 6.07) is 1.78. The molecule has 0 bridgehead atoms. The Morgan fingerprint density at radius 3 is 3.06 bits per heavy atom. The summed E-state index contributed by atoms with van der Waals surface area (Å²) in [5.41, 5.74) is 6.42. The highest BCUT2D eigenvalue weighted by Gasteiger charge is 2.26. The summed E-state index contributed by atoms with van der Waals surface area (Å²) in [6.45, 7) is 3.52. The molecule has 1 aliphatic heterocycles. The fourth-order valence-electron chi connectivity index (χ4n) is 2.08. The minimum Gasteiger partial charge on any atom is -0.393 e. The van der Waals surface area contributed by atoms with Gasteiger partial charge in [0.05, 0.1) is 17.9 Å². The van der Waals surface area contributed by atoms with E-state index in [1.165, 1.54) is 0 Å². The summed E-state index contributed by atoms with van der Waals surface area (Å²) < 4.78 is 0. The highest BCUT2D eigenvalue weighted by Crippen LogP contribution is 2.23. The Labute approximate surface area is 106 Å². The predicted octanol–water partition coefficient (Wildman–Crippen LogP) is 0.318. The van der Waals surface area contributed by atoms with Gasteiger partial charge < -0.3 is 15.7 Å². The van der Waals surface area contributed by atoms with Gasteiger partial charge in [-0.3, -0.25) is 0 Å². The summed E-state index contributed by atoms with van der Waals surface area (Å²) in [7, 11) is 0. The lowest BCUT2D eigenvalue weighted by atomic mass is 9.96. The van der Waals surface area contributed by atoms with Gasteiger partial charge in [0.25, 0.3) is 0 Å². The molecule has 0 amide bonds. The van der Waals surface area contributed by atoms with E-state index in [0.29, 0.717) is 4.99 Å². The Kier molecular flexibility index (Phi) is 3.54. The average Bonchev–Trinajstić information content (AvgIpc) is 2.32. The fourth-order valence-corrected chi connectivity index (χ4v) is 2.24. The van der Waals surface area contributed by atoms with Crippen molar-refractivity contribution in [3.05, 3.63) is 17.8 Å². The fraction of sp³-hybridized carbons (Fsp3) is 0.545. The quantitative estimate of drug-likeness (QED) is 0.738. The van der Waals surface area contributed by atoms with Crippen molar-refractivity contribution in [3.63, 3.8) is 0 Å². The summed E-state index contributed by atoms with van der Waals surface area (Å²) in [6.07, 6.45) is 2.07. The number of hydrogen-bond donors (Lipinski definition) is 2. The molecule has 1 fully saturated rings. The van der Waals surface area contributed by atoms with E-state index in [4.69, 9.17) is 18.0 Å². The van der Waals surface area contributed by atoms with E-state index >= 15 is 0 Å². The molecule has 17 heavy (non-hydrogen) atoms. The standard InChI is InChI=1S/C11H16N4OS/c1-7-6-15(5-3-9(7)16)11-8(10(12)17)2-4-13-14-11/h2,4,7,9,16H,3,5-6H2,1H3,(H2,12,17). The first-order valence-corrected chi connectivity index (χ1v) is 6.05. The molecular formula is C11H16N4OS. The summed E-state index contributed by atoms with van der Waals surface area (Å²) in [4.78, 5) is 2.41. The number of piperidine rings is 1. The number of anilines is 1. The number of aliphatic hydroxyl groups is 1. The van der Waals surface area contributed by atoms with Gasteiger partial charge >= 0.3 is 0 Å². The third kappa shape index (κ3) is 2.53. The summed E-state index contributed by atoms with van der Waals surface area (Å²) in [5, 5.41) is 17.7. The first-order chi connectivity index (χ1) is 8.09. The van der Waals surface area contributed by atoms with E-state index in [1.807, 2.05) is 6.92 Å². The van der Waals surface area contributed by atoms with Crippen molar-refractivity contribution in [2.45, 2.75) is 19.4 Å². The molecule has 1 aromatic heterocycles. The first kappa shape index (κ1) is 12.2. The van der Waals surface area contributed by atoms with Crippen LogP contribution in [0, 0.1) is 5.92 Å². The van der Waals surface area contributed by atoms with Crippen LogP contribution in [0.2, 0.25) is 0 Å². The number of thiocarbonyl (C=S) groups is 1. The molecule has 5 nitrogen and oxygen atoms in total. The largest absolute Gasteiger partial charge is 0.393 e. The van der Waals surface area contributed by atoms with Crippen LogP contribution in [0.15, 0.2) is 12.3 Å². The van der Waals surface area contributed by atoms with Crippen molar-refractivity contribution in [3.8, 4) is 0 Å². The number of hydrogen-bond acceptors (Lipinski definition) is 5. The number of nitrogens with two attached hydrogens (primary N) is 1. The minimum atomic E-state index is -0.240. The average molecular weight is 252 g/mol. The second kappa shape index (κ2) is 4.93. The Bertz CT molecular complexity index is 426. The Morgan fingerprint density at radius 1 is 1.65 bits per heavy atom. The van der Waals surface area contributed by atoms with Crippen LogP contribution in [0.4, 0.5) is 5.82 Å².